The lowest BCUT2D eigenvalue weighted by Crippen LogP contribution is -2.28. The zero-order valence-corrected chi connectivity index (χ0v) is 14.2. The van der Waals surface area contributed by atoms with Crippen LogP contribution in [0.2, 0.25) is 0 Å². The quantitative estimate of drug-likeness (QED) is 0.614. The highest BCUT2D eigenvalue weighted by Crippen LogP contribution is 2.01. The van der Waals surface area contributed by atoms with Crippen LogP contribution < -0.4 is 10.6 Å². The van der Waals surface area contributed by atoms with Crippen LogP contribution in [0, 0.1) is 0 Å². The lowest BCUT2D eigenvalue weighted by molar-refractivity contribution is -0.121. The molecule has 0 aliphatic heterocycles. The SMILES string of the molecule is O=C(CCCNC(=O)c1ccco1)NCCCOCc1ccccc1. The largest absolute Gasteiger partial charge is 0.459 e. The molecule has 6 heteroatoms. The fraction of sp³-hybridized carbons (Fsp3) is 0.368. The molecule has 0 saturated heterocycles. The van der Waals surface area contributed by atoms with Crippen LogP contribution in [0.15, 0.2) is 53.1 Å². The Hall–Kier alpha value is -2.60. The van der Waals surface area contributed by atoms with Crippen LogP contribution in [-0.4, -0.2) is 31.5 Å². The summed E-state index contributed by atoms with van der Waals surface area (Å²) in [5, 5.41) is 5.55. The van der Waals surface area contributed by atoms with Gasteiger partial charge >= 0.3 is 0 Å². The first-order valence-corrected chi connectivity index (χ1v) is 8.46. The van der Waals surface area contributed by atoms with Gasteiger partial charge in [-0.1, -0.05) is 30.3 Å². The number of nitrogens with one attached hydrogen (secondary N) is 2. The lowest BCUT2D eigenvalue weighted by atomic mass is 10.2. The smallest absolute Gasteiger partial charge is 0.286 e. The van der Waals surface area contributed by atoms with Gasteiger partial charge in [-0.15, -0.1) is 0 Å². The van der Waals surface area contributed by atoms with E-state index in [-0.39, 0.29) is 17.6 Å². The van der Waals surface area contributed by atoms with E-state index >= 15 is 0 Å². The summed E-state index contributed by atoms with van der Waals surface area (Å²) in [5.74, 6) is -0.00349. The maximum absolute atomic E-state index is 11.7. The first-order valence-electron chi connectivity index (χ1n) is 8.46. The third kappa shape index (κ3) is 7.67. The topological polar surface area (TPSA) is 80.6 Å². The van der Waals surface area contributed by atoms with Crippen LogP contribution in [-0.2, 0) is 16.1 Å². The number of hydrogen-bond donors (Lipinski definition) is 2. The first kappa shape index (κ1) is 18.7. The van der Waals surface area contributed by atoms with Crippen LogP contribution in [0.3, 0.4) is 0 Å². The Labute approximate surface area is 147 Å². The van der Waals surface area contributed by atoms with Crippen LogP contribution in [0.25, 0.3) is 0 Å². The number of furan rings is 1. The summed E-state index contributed by atoms with van der Waals surface area (Å²) in [6.07, 6.45) is 3.19. The van der Waals surface area contributed by atoms with Crippen molar-refractivity contribution >= 4 is 11.8 Å². The second-order valence-corrected chi connectivity index (χ2v) is 5.58. The van der Waals surface area contributed by atoms with Gasteiger partial charge in [0.15, 0.2) is 5.76 Å². The first-order chi connectivity index (χ1) is 12.3. The fourth-order valence-corrected chi connectivity index (χ4v) is 2.20. The minimum Gasteiger partial charge on any atom is -0.459 e. The third-order valence-electron chi connectivity index (χ3n) is 3.51. The molecule has 1 aromatic carbocycles. The number of rotatable bonds is 11. The Morgan fingerprint density at radius 3 is 2.52 bits per heavy atom. The van der Waals surface area contributed by atoms with E-state index in [1.807, 2.05) is 30.3 Å². The highest BCUT2D eigenvalue weighted by Gasteiger charge is 2.07. The van der Waals surface area contributed by atoms with E-state index < -0.39 is 0 Å². The molecule has 0 aliphatic rings. The summed E-state index contributed by atoms with van der Waals surface area (Å²) in [6.45, 7) is 2.22. The summed E-state index contributed by atoms with van der Waals surface area (Å²) < 4.78 is 10.5. The van der Waals surface area contributed by atoms with Gasteiger partial charge < -0.3 is 19.8 Å². The van der Waals surface area contributed by atoms with Crippen molar-refractivity contribution in [2.24, 2.45) is 0 Å². The number of carbonyl (C=O) groups is 2. The zero-order valence-electron chi connectivity index (χ0n) is 14.2. The monoisotopic (exact) mass is 344 g/mol. The van der Waals surface area contributed by atoms with E-state index in [2.05, 4.69) is 10.6 Å². The molecule has 6 nitrogen and oxygen atoms in total. The molecule has 0 fully saturated rings. The van der Waals surface area contributed by atoms with E-state index in [9.17, 15) is 9.59 Å². The second-order valence-electron chi connectivity index (χ2n) is 5.58. The average molecular weight is 344 g/mol. The predicted octanol–water partition coefficient (Wildman–Crippen LogP) is 2.51. The van der Waals surface area contributed by atoms with E-state index in [0.717, 1.165) is 12.0 Å². The molecule has 25 heavy (non-hydrogen) atoms. The molecule has 0 atom stereocenters. The Bertz CT molecular complexity index is 626. The van der Waals surface area contributed by atoms with Crippen LogP contribution >= 0.6 is 0 Å². The van der Waals surface area contributed by atoms with Crippen molar-refractivity contribution in [3.05, 3.63) is 60.1 Å². The van der Waals surface area contributed by atoms with Gasteiger partial charge in [0.1, 0.15) is 0 Å². The molecule has 0 radical (unpaired) electrons. The van der Waals surface area contributed by atoms with Crippen molar-refractivity contribution in [2.45, 2.75) is 25.9 Å². The summed E-state index contributed by atoms with van der Waals surface area (Å²) in [6, 6.07) is 13.2. The fourth-order valence-electron chi connectivity index (χ4n) is 2.20. The normalized spacial score (nSPS) is 10.4. The number of carbonyl (C=O) groups excluding carboxylic acids is 2. The van der Waals surface area contributed by atoms with Crippen LogP contribution in [0.4, 0.5) is 0 Å². The summed E-state index contributed by atoms with van der Waals surface area (Å²) in [5.41, 5.74) is 1.14. The van der Waals surface area contributed by atoms with E-state index in [1.165, 1.54) is 6.26 Å². The molecular weight excluding hydrogens is 320 g/mol. The molecule has 0 saturated carbocycles. The summed E-state index contributed by atoms with van der Waals surface area (Å²) in [7, 11) is 0. The molecule has 0 unspecified atom stereocenters. The zero-order chi connectivity index (χ0) is 17.7. The van der Waals surface area contributed by atoms with Crippen molar-refractivity contribution in [1.29, 1.82) is 0 Å². The van der Waals surface area contributed by atoms with Crippen molar-refractivity contribution < 1.29 is 18.7 Å². The van der Waals surface area contributed by atoms with Gasteiger partial charge in [0.25, 0.3) is 5.91 Å². The minimum atomic E-state index is -0.263. The molecule has 0 bridgehead atoms. The molecule has 2 N–H and O–H groups in total. The molecule has 0 spiro atoms. The molecule has 1 heterocycles. The Morgan fingerprint density at radius 1 is 0.960 bits per heavy atom. The summed E-state index contributed by atoms with van der Waals surface area (Å²) in [4.78, 5) is 23.3. The van der Waals surface area contributed by atoms with Crippen molar-refractivity contribution in [1.82, 2.24) is 10.6 Å². The molecular formula is C19H24N2O4. The molecule has 2 rings (SSSR count). The number of benzene rings is 1. The number of ether oxygens (including phenoxy) is 1. The van der Waals surface area contributed by atoms with E-state index in [4.69, 9.17) is 9.15 Å². The van der Waals surface area contributed by atoms with Gasteiger partial charge in [0, 0.05) is 26.1 Å². The molecule has 2 aromatic rings. The van der Waals surface area contributed by atoms with Crippen molar-refractivity contribution in [3.8, 4) is 0 Å². The Balaban J connectivity index is 1.43. The standard InChI is InChI=1S/C19H24N2O4/c22-18(10-4-11-21-19(23)17-9-5-14-25-17)20-12-6-13-24-15-16-7-2-1-3-8-16/h1-3,5,7-9,14H,4,6,10-13,15H2,(H,20,22)(H,21,23). The average Bonchev–Trinajstić information content (AvgIpc) is 3.17. The van der Waals surface area contributed by atoms with Gasteiger partial charge in [0.2, 0.25) is 5.91 Å². The van der Waals surface area contributed by atoms with Gasteiger partial charge in [-0.05, 0) is 30.5 Å². The van der Waals surface area contributed by atoms with Gasteiger partial charge in [-0.3, -0.25) is 9.59 Å². The maximum atomic E-state index is 11.7. The number of amides is 2. The molecule has 134 valence electrons. The Morgan fingerprint density at radius 2 is 1.76 bits per heavy atom. The highest BCUT2D eigenvalue weighted by atomic mass is 16.5. The molecule has 1 aromatic heterocycles. The highest BCUT2D eigenvalue weighted by molar-refractivity contribution is 5.91. The maximum Gasteiger partial charge on any atom is 0.286 e. The molecule has 2 amide bonds. The lowest BCUT2D eigenvalue weighted by Gasteiger charge is -2.07. The van der Waals surface area contributed by atoms with Crippen molar-refractivity contribution in [2.75, 3.05) is 19.7 Å². The predicted molar refractivity (Wildman–Crippen MR) is 94.0 cm³/mol. The molecule has 0 aliphatic carbocycles. The van der Waals surface area contributed by atoms with Crippen LogP contribution in [0.1, 0.15) is 35.4 Å². The van der Waals surface area contributed by atoms with E-state index in [0.29, 0.717) is 39.1 Å². The van der Waals surface area contributed by atoms with Gasteiger partial charge in [-0.2, -0.15) is 0 Å². The van der Waals surface area contributed by atoms with Crippen LogP contribution in [0.5, 0.6) is 0 Å². The Kier molecular flexibility index (Phi) is 8.27. The van der Waals surface area contributed by atoms with Crippen molar-refractivity contribution in [3.63, 3.8) is 0 Å². The number of hydrogen-bond acceptors (Lipinski definition) is 4. The van der Waals surface area contributed by atoms with E-state index in [1.54, 1.807) is 12.1 Å². The minimum absolute atomic E-state index is 0.0182. The van der Waals surface area contributed by atoms with Gasteiger partial charge in [0.05, 0.1) is 12.9 Å². The second kappa shape index (κ2) is 11.0. The van der Waals surface area contributed by atoms with Gasteiger partial charge in [-0.25, -0.2) is 0 Å². The third-order valence-corrected chi connectivity index (χ3v) is 3.51. The summed E-state index contributed by atoms with van der Waals surface area (Å²) >= 11 is 0.